The van der Waals surface area contributed by atoms with Crippen LogP contribution in [0.5, 0.6) is 5.88 Å². The summed E-state index contributed by atoms with van der Waals surface area (Å²) in [6.07, 6.45) is -1.22. The number of carbonyl (C=O) groups excluding carboxylic acids is 2. The number of aromatic nitrogens is 2. The first-order chi connectivity index (χ1) is 19.2. The van der Waals surface area contributed by atoms with Crippen molar-refractivity contribution in [2.45, 2.75) is 58.1 Å². The Morgan fingerprint density at radius 1 is 1.23 bits per heavy atom. The number of β-amino-alcohol motifs (C(OH)–C–C–N with tert-alkyl or cyclic N) is 1. The fourth-order valence-corrected chi connectivity index (χ4v) is 5.56. The number of hydrogen-bond acceptors (Lipinski definition) is 10. The van der Waals surface area contributed by atoms with Gasteiger partial charge in [0.2, 0.25) is 11.8 Å². The molecule has 216 valence electrons. The number of thiazole rings is 1. The summed E-state index contributed by atoms with van der Waals surface area (Å²) in [7, 11) is 2.99. The Hall–Kier alpha value is -3.32. The zero-order valence-electron chi connectivity index (χ0n) is 23.3. The van der Waals surface area contributed by atoms with Crippen molar-refractivity contribution in [2.24, 2.45) is 5.92 Å². The van der Waals surface area contributed by atoms with Crippen molar-refractivity contribution in [3.63, 3.8) is 0 Å². The molecule has 1 saturated heterocycles. The van der Waals surface area contributed by atoms with Gasteiger partial charge in [-0.2, -0.15) is 0 Å². The molecule has 3 aromatic rings. The van der Waals surface area contributed by atoms with Crippen molar-refractivity contribution in [1.82, 2.24) is 20.4 Å². The predicted octanol–water partition coefficient (Wildman–Crippen LogP) is 3.12. The lowest BCUT2D eigenvalue weighted by atomic mass is 9.91. The number of hydrogen-bond donors (Lipinski definition) is 2. The Morgan fingerprint density at radius 2 is 1.95 bits per heavy atom. The summed E-state index contributed by atoms with van der Waals surface area (Å²) in [5.41, 5.74) is 4.80. The van der Waals surface area contributed by atoms with E-state index in [1.807, 2.05) is 50.5 Å². The molecule has 4 rings (SSSR count). The highest BCUT2D eigenvalue weighted by Crippen LogP contribution is 2.32. The van der Waals surface area contributed by atoms with Crippen LogP contribution in [-0.4, -0.2) is 77.8 Å². The third kappa shape index (κ3) is 6.87. The second-order valence-electron chi connectivity index (χ2n) is 10.1. The largest absolute Gasteiger partial charge is 0.470 e. The molecule has 1 aliphatic rings. The van der Waals surface area contributed by atoms with E-state index in [4.69, 9.17) is 18.7 Å². The maximum atomic E-state index is 13.7. The molecule has 1 aliphatic heterocycles. The molecule has 1 aromatic carbocycles. The van der Waals surface area contributed by atoms with Crippen LogP contribution in [0.4, 0.5) is 0 Å². The van der Waals surface area contributed by atoms with Crippen molar-refractivity contribution in [2.75, 3.05) is 27.4 Å². The SMILES string of the molecule is COC(COc1cc(C(C(=O)N2C[C@H](O)C[C@H]2C(=O)NCc2ccc(-c3scnc3C)cc2)C(C)C)on1)OC. The molecule has 3 heterocycles. The Bertz CT molecular complexity index is 1270. The monoisotopic (exact) mass is 572 g/mol. The van der Waals surface area contributed by atoms with Gasteiger partial charge < -0.3 is 34.1 Å². The lowest BCUT2D eigenvalue weighted by Gasteiger charge is -2.28. The highest BCUT2D eigenvalue weighted by atomic mass is 32.1. The van der Waals surface area contributed by atoms with Crippen LogP contribution in [0.2, 0.25) is 0 Å². The van der Waals surface area contributed by atoms with Crippen molar-refractivity contribution in [1.29, 1.82) is 0 Å². The number of aliphatic hydroxyl groups is 1. The Morgan fingerprint density at radius 3 is 2.58 bits per heavy atom. The fourth-order valence-electron chi connectivity index (χ4n) is 4.75. The lowest BCUT2D eigenvalue weighted by molar-refractivity contribution is -0.141. The number of likely N-dealkylation sites (tertiary alicyclic amines) is 1. The number of aliphatic hydroxyl groups excluding tert-OH is 1. The number of nitrogens with zero attached hydrogens (tertiary/aromatic N) is 3. The number of nitrogens with one attached hydrogen (secondary N) is 1. The summed E-state index contributed by atoms with van der Waals surface area (Å²) in [6, 6.07) is 8.69. The molecule has 12 heteroatoms. The number of methoxy groups -OCH3 is 2. The van der Waals surface area contributed by atoms with Gasteiger partial charge in [-0.05, 0) is 29.1 Å². The standard InChI is InChI=1S/C28H36N4O7S/c1-16(2)25(22-11-23(31-39-22)38-14-24(36-4)37-5)28(35)32-13-20(33)10-21(32)27(34)29-12-18-6-8-19(9-7-18)26-17(3)30-15-40-26/h6-9,11,15-16,20-21,24-25,33H,10,12-14H2,1-5H3,(H,29,34)/t20-,21+,25?/m1/s1. The van der Waals surface area contributed by atoms with Crippen molar-refractivity contribution >= 4 is 23.2 Å². The molecule has 1 fully saturated rings. The number of amides is 2. The summed E-state index contributed by atoms with van der Waals surface area (Å²) < 4.78 is 21.2. The zero-order chi connectivity index (χ0) is 28.8. The third-order valence-corrected chi connectivity index (χ3v) is 7.91. The number of rotatable bonds is 12. The third-order valence-electron chi connectivity index (χ3n) is 6.93. The topological polar surface area (TPSA) is 136 Å². The van der Waals surface area contributed by atoms with Gasteiger partial charge in [-0.3, -0.25) is 9.59 Å². The summed E-state index contributed by atoms with van der Waals surface area (Å²) in [5.74, 6) is -1.00. The molecule has 2 amide bonds. The minimum absolute atomic E-state index is 0.0594. The van der Waals surface area contributed by atoms with Crippen LogP contribution in [0.15, 0.2) is 40.4 Å². The van der Waals surface area contributed by atoms with Crippen LogP contribution < -0.4 is 10.1 Å². The molecule has 0 bridgehead atoms. The normalized spacial score (nSPS) is 17.9. The molecule has 2 N–H and O–H groups in total. The summed E-state index contributed by atoms with van der Waals surface area (Å²) >= 11 is 1.59. The minimum Gasteiger partial charge on any atom is -0.470 e. The van der Waals surface area contributed by atoms with Crippen LogP contribution in [0, 0.1) is 12.8 Å². The molecule has 3 atom stereocenters. The molecular formula is C28H36N4O7S. The molecule has 2 aromatic heterocycles. The van der Waals surface area contributed by atoms with Crippen LogP contribution in [0.3, 0.4) is 0 Å². The average molecular weight is 573 g/mol. The van der Waals surface area contributed by atoms with E-state index in [2.05, 4.69) is 15.5 Å². The molecule has 40 heavy (non-hydrogen) atoms. The van der Waals surface area contributed by atoms with E-state index in [0.717, 1.165) is 21.7 Å². The van der Waals surface area contributed by atoms with Gasteiger partial charge >= 0.3 is 0 Å². The Kier molecular flexibility index (Phi) is 9.90. The van der Waals surface area contributed by atoms with E-state index >= 15 is 0 Å². The van der Waals surface area contributed by atoms with Crippen molar-refractivity contribution in [3.8, 4) is 16.3 Å². The van der Waals surface area contributed by atoms with Gasteiger partial charge in [-0.15, -0.1) is 11.3 Å². The lowest BCUT2D eigenvalue weighted by Crippen LogP contribution is -2.48. The highest BCUT2D eigenvalue weighted by molar-refractivity contribution is 7.13. The Balaban J connectivity index is 1.41. The first kappa shape index (κ1) is 29.7. The van der Waals surface area contributed by atoms with E-state index in [1.54, 1.807) is 17.4 Å². The quantitative estimate of drug-likeness (QED) is 0.314. The maximum Gasteiger partial charge on any atom is 0.254 e. The molecule has 11 nitrogen and oxygen atoms in total. The summed E-state index contributed by atoms with van der Waals surface area (Å²) in [5, 5.41) is 17.2. The Labute approximate surface area is 237 Å². The molecule has 0 spiro atoms. The van der Waals surface area contributed by atoms with E-state index in [0.29, 0.717) is 12.3 Å². The maximum absolute atomic E-state index is 13.7. The van der Waals surface area contributed by atoms with Crippen LogP contribution >= 0.6 is 11.3 Å². The molecule has 0 saturated carbocycles. The summed E-state index contributed by atoms with van der Waals surface area (Å²) in [6.45, 7) is 6.20. The predicted molar refractivity (Wildman–Crippen MR) is 148 cm³/mol. The van der Waals surface area contributed by atoms with Crippen LogP contribution in [0.1, 0.15) is 43.2 Å². The molecule has 1 unspecified atom stereocenters. The van der Waals surface area contributed by atoms with Crippen LogP contribution in [0.25, 0.3) is 10.4 Å². The molecule has 0 radical (unpaired) electrons. The number of aryl methyl sites for hydroxylation is 1. The van der Waals surface area contributed by atoms with Gasteiger partial charge in [0.1, 0.15) is 18.6 Å². The zero-order valence-corrected chi connectivity index (χ0v) is 24.1. The molecule has 0 aliphatic carbocycles. The number of benzene rings is 1. The van der Waals surface area contributed by atoms with E-state index in [-0.39, 0.29) is 43.2 Å². The first-order valence-corrected chi connectivity index (χ1v) is 14.0. The van der Waals surface area contributed by atoms with Gasteiger partial charge in [0.15, 0.2) is 12.1 Å². The highest BCUT2D eigenvalue weighted by Gasteiger charge is 2.43. The number of ether oxygens (including phenoxy) is 3. The van der Waals surface area contributed by atoms with Gasteiger partial charge in [0.25, 0.3) is 5.88 Å². The van der Waals surface area contributed by atoms with Gasteiger partial charge in [0, 0.05) is 39.8 Å². The second-order valence-corrected chi connectivity index (χ2v) is 10.9. The van der Waals surface area contributed by atoms with Gasteiger partial charge in [-0.25, -0.2) is 4.98 Å². The van der Waals surface area contributed by atoms with Crippen molar-refractivity contribution < 1.29 is 33.4 Å². The van der Waals surface area contributed by atoms with Crippen LogP contribution in [-0.2, 0) is 25.6 Å². The second kappa shape index (κ2) is 13.4. The minimum atomic E-state index is -0.803. The summed E-state index contributed by atoms with van der Waals surface area (Å²) in [4.78, 5) is 33.8. The van der Waals surface area contributed by atoms with E-state index < -0.39 is 24.4 Å². The average Bonchev–Trinajstić information content (AvgIpc) is 3.68. The van der Waals surface area contributed by atoms with Gasteiger partial charge in [0.05, 0.1) is 22.2 Å². The van der Waals surface area contributed by atoms with Crippen molar-refractivity contribution in [3.05, 3.63) is 52.9 Å². The fraction of sp³-hybridized carbons (Fsp3) is 0.500. The van der Waals surface area contributed by atoms with E-state index in [1.165, 1.54) is 19.1 Å². The van der Waals surface area contributed by atoms with E-state index in [9.17, 15) is 14.7 Å². The molecular weight excluding hydrogens is 536 g/mol. The van der Waals surface area contributed by atoms with Gasteiger partial charge in [-0.1, -0.05) is 38.1 Å². The number of carbonyl (C=O) groups is 2. The first-order valence-electron chi connectivity index (χ1n) is 13.1. The smallest absolute Gasteiger partial charge is 0.254 e.